The van der Waals surface area contributed by atoms with Crippen molar-refractivity contribution < 1.29 is 14.9 Å². The predicted octanol–water partition coefficient (Wildman–Crippen LogP) is 3.42. The number of hydrogen-bond acceptors (Lipinski definition) is 3. The lowest BCUT2D eigenvalue weighted by Gasteiger charge is -2.28. The van der Waals surface area contributed by atoms with Crippen LogP contribution >= 0.6 is 0 Å². The van der Waals surface area contributed by atoms with Crippen LogP contribution in [0.15, 0.2) is 43.0 Å². The zero-order valence-corrected chi connectivity index (χ0v) is 10.3. The molecule has 3 heteroatoms. The molecule has 0 saturated heterocycles. The van der Waals surface area contributed by atoms with E-state index in [-0.39, 0.29) is 0 Å². The molecule has 0 radical (unpaired) electrons. The van der Waals surface area contributed by atoms with Crippen LogP contribution < -0.4 is 0 Å². The largest absolute Gasteiger partial charge is 0.351 e. The first-order valence-electron chi connectivity index (χ1n) is 5.79. The summed E-state index contributed by atoms with van der Waals surface area (Å²) < 4.78 is 5.29. The van der Waals surface area contributed by atoms with Gasteiger partial charge in [0, 0.05) is 20.0 Å². The first-order valence-corrected chi connectivity index (χ1v) is 5.79. The molecule has 0 bridgehead atoms. The second-order valence-corrected chi connectivity index (χ2v) is 4.02. The molecule has 0 amide bonds. The van der Waals surface area contributed by atoms with Gasteiger partial charge >= 0.3 is 0 Å². The highest BCUT2D eigenvalue weighted by molar-refractivity contribution is 5.14. The molecule has 0 spiro atoms. The second kappa shape index (κ2) is 7.22. The first-order chi connectivity index (χ1) is 8.26. The Kier molecular flexibility index (Phi) is 5.91. The van der Waals surface area contributed by atoms with Gasteiger partial charge in [0.2, 0.25) is 5.79 Å². The van der Waals surface area contributed by atoms with E-state index in [4.69, 9.17) is 9.99 Å². The van der Waals surface area contributed by atoms with E-state index in [1.165, 1.54) is 5.56 Å². The highest BCUT2D eigenvalue weighted by atomic mass is 17.1. The molecule has 1 aromatic rings. The standard InChI is InChI=1S/C14H20O3/c1-3-4-11-14(16-2,17-15)12-10-13-8-6-5-7-9-13/h3,5-9,15H,1,4,10-12H2,2H3. The monoisotopic (exact) mass is 236 g/mol. The van der Waals surface area contributed by atoms with Crippen LogP contribution in [-0.2, 0) is 16.0 Å². The molecule has 0 aliphatic rings. The first kappa shape index (κ1) is 13.9. The molecular weight excluding hydrogens is 216 g/mol. The van der Waals surface area contributed by atoms with E-state index in [0.29, 0.717) is 12.8 Å². The third-order valence-corrected chi connectivity index (χ3v) is 2.91. The molecule has 3 nitrogen and oxygen atoms in total. The molecule has 0 heterocycles. The van der Waals surface area contributed by atoms with Crippen LogP contribution in [-0.4, -0.2) is 18.2 Å². The average molecular weight is 236 g/mol. The number of methoxy groups -OCH3 is 1. The molecule has 0 saturated carbocycles. The van der Waals surface area contributed by atoms with Gasteiger partial charge in [0.05, 0.1) is 0 Å². The number of rotatable bonds is 8. The number of allylic oxidation sites excluding steroid dienone is 1. The van der Waals surface area contributed by atoms with E-state index in [9.17, 15) is 0 Å². The summed E-state index contributed by atoms with van der Waals surface area (Å²) in [7, 11) is 1.55. The molecule has 94 valence electrons. The maximum Gasteiger partial charge on any atom is 0.201 e. The second-order valence-electron chi connectivity index (χ2n) is 4.02. The Morgan fingerprint density at radius 2 is 2.00 bits per heavy atom. The lowest BCUT2D eigenvalue weighted by Crippen LogP contribution is -2.34. The quantitative estimate of drug-likeness (QED) is 0.325. The summed E-state index contributed by atoms with van der Waals surface area (Å²) in [6.07, 6.45) is 4.53. The normalized spacial score (nSPS) is 14.2. The van der Waals surface area contributed by atoms with Crippen molar-refractivity contribution in [3.8, 4) is 0 Å². The lowest BCUT2D eigenvalue weighted by atomic mass is 10.0. The van der Waals surface area contributed by atoms with Crippen molar-refractivity contribution in [1.29, 1.82) is 0 Å². The fraction of sp³-hybridized carbons (Fsp3) is 0.429. The Morgan fingerprint density at radius 3 is 2.53 bits per heavy atom. The number of ether oxygens (including phenoxy) is 1. The van der Waals surface area contributed by atoms with Crippen LogP contribution in [0.2, 0.25) is 0 Å². The molecule has 0 aromatic heterocycles. The van der Waals surface area contributed by atoms with Crippen molar-refractivity contribution in [3.63, 3.8) is 0 Å². The van der Waals surface area contributed by atoms with Crippen molar-refractivity contribution in [3.05, 3.63) is 48.6 Å². The summed E-state index contributed by atoms with van der Waals surface area (Å²) in [5, 5.41) is 9.02. The van der Waals surface area contributed by atoms with Crippen LogP contribution in [0, 0.1) is 0 Å². The molecule has 1 atom stereocenters. The molecule has 1 rings (SSSR count). The van der Waals surface area contributed by atoms with E-state index in [2.05, 4.69) is 11.5 Å². The summed E-state index contributed by atoms with van der Waals surface area (Å²) in [5.74, 6) is -0.927. The van der Waals surface area contributed by atoms with Crippen molar-refractivity contribution in [2.45, 2.75) is 31.5 Å². The highest BCUT2D eigenvalue weighted by Gasteiger charge is 2.30. The minimum Gasteiger partial charge on any atom is -0.351 e. The van der Waals surface area contributed by atoms with Gasteiger partial charge in [0.1, 0.15) is 0 Å². The zero-order valence-electron chi connectivity index (χ0n) is 10.3. The number of hydrogen-bond donors (Lipinski definition) is 1. The van der Waals surface area contributed by atoms with E-state index in [1.54, 1.807) is 13.2 Å². The summed E-state index contributed by atoms with van der Waals surface area (Å²) in [4.78, 5) is 4.54. The van der Waals surface area contributed by atoms with Crippen molar-refractivity contribution in [2.75, 3.05) is 7.11 Å². The van der Waals surface area contributed by atoms with Gasteiger partial charge in [-0.05, 0) is 18.4 Å². The Hall–Kier alpha value is -1.16. The van der Waals surface area contributed by atoms with Crippen LogP contribution in [0.4, 0.5) is 0 Å². The molecule has 1 unspecified atom stereocenters. The van der Waals surface area contributed by atoms with E-state index >= 15 is 0 Å². The molecule has 0 fully saturated rings. The van der Waals surface area contributed by atoms with Crippen molar-refractivity contribution in [2.24, 2.45) is 0 Å². The van der Waals surface area contributed by atoms with Crippen LogP contribution in [0.1, 0.15) is 24.8 Å². The SMILES string of the molecule is C=CCCC(CCc1ccccc1)(OC)OO. The van der Waals surface area contributed by atoms with E-state index in [1.807, 2.05) is 30.3 Å². The Morgan fingerprint density at radius 1 is 1.29 bits per heavy atom. The summed E-state index contributed by atoms with van der Waals surface area (Å²) in [6.45, 7) is 3.66. The van der Waals surface area contributed by atoms with Gasteiger partial charge in [-0.25, -0.2) is 10.1 Å². The molecule has 0 aliphatic carbocycles. The maximum absolute atomic E-state index is 9.02. The minimum absolute atomic E-state index is 0.594. The van der Waals surface area contributed by atoms with E-state index < -0.39 is 5.79 Å². The van der Waals surface area contributed by atoms with Gasteiger partial charge in [-0.2, -0.15) is 0 Å². The topological polar surface area (TPSA) is 38.7 Å². The predicted molar refractivity (Wildman–Crippen MR) is 67.6 cm³/mol. The van der Waals surface area contributed by atoms with Gasteiger partial charge in [-0.15, -0.1) is 6.58 Å². The van der Waals surface area contributed by atoms with Gasteiger partial charge in [0.15, 0.2) is 0 Å². The molecule has 0 aliphatic heterocycles. The van der Waals surface area contributed by atoms with Gasteiger partial charge in [-0.1, -0.05) is 36.4 Å². The van der Waals surface area contributed by atoms with Crippen LogP contribution in [0.3, 0.4) is 0 Å². The number of benzene rings is 1. The lowest BCUT2D eigenvalue weighted by molar-refractivity contribution is -0.402. The smallest absolute Gasteiger partial charge is 0.201 e. The zero-order chi connectivity index (χ0) is 12.6. The van der Waals surface area contributed by atoms with Crippen LogP contribution in [0.5, 0.6) is 0 Å². The molecule has 1 aromatic carbocycles. The highest BCUT2D eigenvalue weighted by Crippen LogP contribution is 2.25. The fourth-order valence-electron chi connectivity index (χ4n) is 1.76. The maximum atomic E-state index is 9.02. The van der Waals surface area contributed by atoms with Gasteiger partial charge in [-0.3, -0.25) is 0 Å². The third-order valence-electron chi connectivity index (χ3n) is 2.91. The molecule has 17 heavy (non-hydrogen) atoms. The summed E-state index contributed by atoms with van der Waals surface area (Å²) >= 11 is 0. The minimum atomic E-state index is -0.927. The van der Waals surface area contributed by atoms with E-state index in [0.717, 1.165) is 12.8 Å². The molecule has 1 N–H and O–H groups in total. The average Bonchev–Trinajstić information content (AvgIpc) is 2.41. The third kappa shape index (κ3) is 4.30. The Bertz CT molecular complexity index is 317. The van der Waals surface area contributed by atoms with Crippen molar-refractivity contribution >= 4 is 0 Å². The van der Waals surface area contributed by atoms with Crippen molar-refractivity contribution in [1.82, 2.24) is 0 Å². The Labute approximate surface area is 103 Å². The van der Waals surface area contributed by atoms with Gasteiger partial charge < -0.3 is 4.74 Å². The van der Waals surface area contributed by atoms with Crippen LogP contribution in [0.25, 0.3) is 0 Å². The summed E-state index contributed by atoms with van der Waals surface area (Å²) in [6, 6.07) is 10.1. The fourth-order valence-corrected chi connectivity index (χ4v) is 1.76. The summed E-state index contributed by atoms with van der Waals surface area (Å²) in [5.41, 5.74) is 1.20. The molecular formula is C14H20O3. The van der Waals surface area contributed by atoms with Gasteiger partial charge in [0.25, 0.3) is 0 Å². The number of aryl methyl sites for hydroxylation is 1. The Balaban J connectivity index is 2.57.